The Morgan fingerprint density at radius 3 is 2.75 bits per heavy atom. The van der Waals surface area contributed by atoms with Gasteiger partial charge in [-0.1, -0.05) is 47.7 Å². The van der Waals surface area contributed by atoms with Crippen LogP contribution in [0.5, 0.6) is 0 Å². The summed E-state index contributed by atoms with van der Waals surface area (Å²) in [6, 6.07) is 10.2. The number of hydrogen-bond acceptors (Lipinski definition) is 9. The van der Waals surface area contributed by atoms with E-state index in [0.717, 1.165) is 60.4 Å². The fourth-order valence-electron chi connectivity index (χ4n) is 3.67. The van der Waals surface area contributed by atoms with Crippen molar-refractivity contribution in [1.29, 1.82) is 0 Å². The zero-order valence-electron chi connectivity index (χ0n) is 18.1. The molecule has 1 saturated heterocycles. The first-order valence-corrected chi connectivity index (χ1v) is 11.7. The molecule has 0 amide bonds. The number of aromatic nitrogens is 1. The van der Waals surface area contributed by atoms with Gasteiger partial charge in [-0.25, -0.2) is 4.98 Å². The zero-order chi connectivity index (χ0) is 21.8. The molecule has 9 heteroatoms. The second-order valence-electron chi connectivity index (χ2n) is 7.90. The van der Waals surface area contributed by atoms with Crippen LogP contribution in [0.25, 0.3) is 10.4 Å². The van der Waals surface area contributed by atoms with E-state index < -0.39 is 6.35 Å². The van der Waals surface area contributed by atoms with Crippen LogP contribution in [0.4, 0.5) is 5.13 Å². The smallest absolute Gasteiger partial charge is 0.273 e. The average Bonchev–Trinajstić information content (AvgIpc) is 3.29. The number of hydrogen-bond donors (Lipinski definition) is 2. The lowest BCUT2D eigenvalue weighted by molar-refractivity contribution is 0.114. The van der Waals surface area contributed by atoms with Crippen LogP contribution in [0.3, 0.4) is 0 Å². The zero-order valence-corrected chi connectivity index (χ0v) is 18.9. The lowest BCUT2D eigenvalue weighted by Crippen LogP contribution is -2.51. The van der Waals surface area contributed by atoms with Crippen LogP contribution in [0, 0.1) is 0 Å². The molecule has 2 N–H and O–H groups in total. The first-order valence-electron chi connectivity index (χ1n) is 10.9. The number of rotatable bonds is 4. The summed E-state index contributed by atoms with van der Waals surface area (Å²) < 4.78 is 6.12. The second-order valence-corrected chi connectivity index (χ2v) is 8.93. The fourth-order valence-corrected chi connectivity index (χ4v) is 4.49. The van der Waals surface area contributed by atoms with E-state index in [9.17, 15) is 0 Å². The van der Waals surface area contributed by atoms with Crippen molar-refractivity contribution in [3.63, 3.8) is 0 Å². The molecule has 0 saturated carbocycles. The molecule has 0 bridgehead atoms. The third kappa shape index (κ3) is 5.00. The minimum Gasteiger partial charge on any atom is -0.451 e. The molecular formula is C23H27N7OS. The lowest BCUT2D eigenvalue weighted by atomic mass is 10.2. The summed E-state index contributed by atoms with van der Waals surface area (Å²) in [7, 11) is 2.14. The molecule has 3 aliphatic rings. The van der Waals surface area contributed by atoms with Gasteiger partial charge in [0.05, 0.1) is 4.88 Å². The van der Waals surface area contributed by atoms with Crippen molar-refractivity contribution in [2.75, 3.05) is 38.5 Å². The van der Waals surface area contributed by atoms with Gasteiger partial charge in [0.1, 0.15) is 5.76 Å². The summed E-state index contributed by atoms with van der Waals surface area (Å²) in [6.07, 6.45) is 9.58. The Balaban J connectivity index is 1.34. The van der Waals surface area contributed by atoms with Gasteiger partial charge in [-0.05, 0) is 37.6 Å². The van der Waals surface area contributed by atoms with E-state index in [0.29, 0.717) is 11.9 Å². The van der Waals surface area contributed by atoms with Gasteiger partial charge >= 0.3 is 0 Å². The Hall–Kier alpha value is -3.17. The van der Waals surface area contributed by atoms with E-state index >= 15 is 0 Å². The largest absolute Gasteiger partial charge is 0.451 e. The van der Waals surface area contributed by atoms with Crippen molar-refractivity contribution >= 4 is 28.4 Å². The number of nitrogens with zero attached hydrogens (tertiary/aromatic N) is 5. The molecule has 5 rings (SSSR count). The molecule has 0 radical (unpaired) electrons. The average molecular weight is 450 g/mol. The molecule has 1 aliphatic carbocycles. The number of thiazole rings is 1. The Bertz CT molecular complexity index is 1050. The quantitative estimate of drug-likeness (QED) is 0.746. The molecule has 1 aromatic heterocycles. The molecule has 0 spiro atoms. The van der Waals surface area contributed by atoms with Crippen molar-refractivity contribution in [3.8, 4) is 10.4 Å². The number of ether oxygens (including phenoxy) is 1. The number of guanidine groups is 2. The molecule has 1 aromatic carbocycles. The number of anilines is 1. The number of piperazine rings is 1. The normalized spacial score (nSPS) is 21.3. The topological polar surface area (TPSA) is 77.4 Å². The van der Waals surface area contributed by atoms with Crippen molar-refractivity contribution in [2.24, 2.45) is 9.98 Å². The van der Waals surface area contributed by atoms with Crippen LogP contribution < -0.4 is 10.6 Å². The van der Waals surface area contributed by atoms with Gasteiger partial charge in [0, 0.05) is 32.4 Å². The van der Waals surface area contributed by atoms with Crippen molar-refractivity contribution in [1.82, 2.24) is 20.1 Å². The number of aliphatic imine (C=N–C) groups is 2. The molecule has 2 aliphatic heterocycles. The molecule has 32 heavy (non-hydrogen) atoms. The molecule has 2 aromatic rings. The molecule has 166 valence electrons. The van der Waals surface area contributed by atoms with Crippen LogP contribution in [0.15, 0.2) is 70.5 Å². The van der Waals surface area contributed by atoms with Gasteiger partial charge < -0.3 is 25.2 Å². The van der Waals surface area contributed by atoms with E-state index in [-0.39, 0.29) is 0 Å². The van der Waals surface area contributed by atoms with Crippen LogP contribution in [-0.2, 0) is 4.74 Å². The van der Waals surface area contributed by atoms with E-state index in [1.807, 2.05) is 30.5 Å². The van der Waals surface area contributed by atoms with Gasteiger partial charge in [-0.2, -0.15) is 9.98 Å². The Labute approximate surface area is 192 Å². The van der Waals surface area contributed by atoms with Crippen LogP contribution in [0.1, 0.15) is 12.8 Å². The number of allylic oxidation sites excluding steroid dienone is 3. The summed E-state index contributed by atoms with van der Waals surface area (Å²) in [5, 5.41) is 7.36. The maximum absolute atomic E-state index is 6.12. The number of benzene rings is 1. The van der Waals surface area contributed by atoms with E-state index in [1.54, 1.807) is 11.3 Å². The third-order valence-corrected chi connectivity index (χ3v) is 6.45. The predicted octanol–water partition coefficient (Wildman–Crippen LogP) is 3.32. The maximum atomic E-state index is 6.12. The molecule has 1 atom stereocenters. The van der Waals surface area contributed by atoms with Gasteiger partial charge in [-0.3, -0.25) is 0 Å². The highest BCUT2D eigenvalue weighted by molar-refractivity contribution is 7.19. The van der Waals surface area contributed by atoms with Gasteiger partial charge in [0.25, 0.3) is 6.35 Å². The molecule has 1 fully saturated rings. The summed E-state index contributed by atoms with van der Waals surface area (Å²) in [6.45, 7) is 3.74. The Morgan fingerprint density at radius 2 is 1.97 bits per heavy atom. The van der Waals surface area contributed by atoms with Crippen LogP contribution in [-0.4, -0.2) is 66.3 Å². The minimum atomic E-state index is -0.549. The fraction of sp³-hybridized carbons (Fsp3) is 0.348. The van der Waals surface area contributed by atoms with Crippen molar-refractivity contribution < 1.29 is 4.74 Å². The molecule has 3 heterocycles. The maximum Gasteiger partial charge on any atom is 0.273 e. The van der Waals surface area contributed by atoms with Gasteiger partial charge in [0.2, 0.25) is 11.9 Å². The van der Waals surface area contributed by atoms with Gasteiger partial charge in [-0.15, -0.1) is 0 Å². The molecule has 8 nitrogen and oxygen atoms in total. The predicted molar refractivity (Wildman–Crippen MR) is 130 cm³/mol. The minimum absolute atomic E-state index is 0.549. The monoisotopic (exact) mass is 449 g/mol. The van der Waals surface area contributed by atoms with E-state index in [1.165, 1.54) is 0 Å². The van der Waals surface area contributed by atoms with Crippen molar-refractivity contribution in [2.45, 2.75) is 19.2 Å². The van der Waals surface area contributed by atoms with Crippen molar-refractivity contribution in [3.05, 3.63) is 60.5 Å². The van der Waals surface area contributed by atoms with Crippen LogP contribution >= 0.6 is 11.3 Å². The Kier molecular flexibility index (Phi) is 6.17. The lowest BCUT2D eigenvalue weighted by Gasteiger charge is -2.35. The highest BCUT2D eigenvalue weighted by Gasteiger charge is 2.25. The summed E-state index contributed by atoms with van der Waals surface area (Å²) in [5.41, 5.74) is 1.15. The standard InChI is InChI=1S/C23H27N7OS/c1-29-12-14-30(15-13-29)21-25-20(26-22(28-21)31-18-10-6-3-7-11-18)27-23-24-16-19(32-23)17-8-4-2-5-9-17/h2,4-6,8-11,16,22H,3,7,12-15H2,1H3,(H2,24,25,26,27,28). The third-order valence-electron chi connectivity index (χ3n) is 5.49. The first kappa shape index (κ1) is 20.7. The Morgan fingerprint density at radius 1 is 1.12 bits per heavy atom. The first-order chi connectivity index (χ1) is 15.7. The molecular weight excluding hydrogens is 422 g/mol. The van der Waals surface area contributed by atoms with Crippen LogP contribution in [0.2, 0.25) is 0 Å². The number of likely N-dealkylation sites (N-methyl/N-ethyl adjacent to an activating group) is 1. The van der Waals surface area contributed by atoms with E-state index in [2.05, 4.69) is 56.7 Å². The summed E-state index contributed by atoms with van der Waals surface area (Å²) in [5.74, 6) is 2.11. The SMILES string of the molecule is CN1CCN(C2=NC(OC3=CCCC=C3)NC(Nc3ncc(-c4ccccc4)s3)=N2)CC1. The van der Waals surface area contributed by atoms with Gasteiger partial charge in [0.15, 0.2) is 5.13 Å². The summed E-state index contributed by atoms with van der Waals surface area (Å²) >= 11 is 1.59. The molecule has 1 unspecified atom stereocenters. The highest BCUT2D eigenvalue weighted by Crippen LogP contribution is 2.28. The van der Waals surface area contributed by atoms with E-state index in [4.69, 9.17) is 14.7 Å². The summed E-state index contributed by atoms with van der Waals surface area (Å²) in [4.78, 5) is 19.7. The second kappa shape index (κ2) is 9.54. The highest BCUT2D eigenvalue weighted by atomic mass is 32.1. The number of nitrogens with one attached hydrogen (secondary N) is 2.